The van der Waals surface area contributed by atoms with Crippen LogP contribution in [0.5, 0.6) is 5.75 Å². The first kappa shape index (κ1) is 15.6. The van der Waals surface area contributed by atoms with Gasteiger partial charge in [-0.15, -0.1) is 0 Å². The van der Waals surface area contributed by atoms with Crippen LogP contribution < -0.4 is 15.4 Å². The van der Waals surface area contributed by atoms with Crippen LogP contribution in [0.3, 0.4) is 0 Å². The van der Waals surface area contributed by atoms with E-state index in [1.165, 1.54) is 25.4 Å². The molecule has 0 aliphatic carbocycles. The molecule has 8 heteroatoms. The van der Waals surface area contributed by atoms with E-state index in [0.29, 0.717) is 27.2 Å². The van der Waals surface area contributed by atoms with Crippen molar-refractivity contribution in [3.63, 3.8) is 0 Å². The summed E-state index contributed by atoms with van der Waals surface area (Å²) in [6.45, 7) is 1.38. The Bertz CT molecular complexity index is 812. The molecule has 6 nitrogen and oxygen atoms in total. The molecule has 0 saturated carbocycles. The Hall–Kier alpha value is -2.31. The zero-order valence-electron chi connectivity index (χ0n) is 11.9. The maximum Gasteiger partial charge on any atom is 0.278 e. The molecule has 1 unspecified atom stereocenters. The standard InChI is InChI=1S/C15H11Cl2N3O3/c1-15(13(21)19-10-4-9(17)6-18-7-10)14(22)20-11-5-8(16)2-3-12(11)23-15/h2-7H,1H3,(H,19,21)(H,20,22). The summed E-state index contributed by atoms with van der Waals surface area (Å²) in [5.74, 6) is -0.879. The van der Waals surface area contributed by atoms with Crippen molar-refractivity contribution in [1.82, 2.24) is 4.98 Å². The fraction of sp³-hybridized carbons (Fsp3) is 0.133. The topological polar surface area (TPSA) is 80.3 Å². The first-order chi connectivity index (χ1) is 10.9. The van der Waals surface area contributed by atoms with Gasteiger partial charge in [0.05, 0.1) is 22.6 Å². The average molecular weight is 352 g/mol. The summed E-state index contributed by atoms with van der Waals surface area (Å²) in [4.78, 5) is 28.7. The van der Waals surface area contributed by atoms with Crippen LogP contribution in [0.4, 0.5) is 11.4 Å². The van der Waals surface area contributed by atoms with Crippen molar-refractivity contribution in [1.29, 1.82) is 0 Å². The second-order valence-corrected chi connectivity index (χ2v) is 5.95. The lowest BCUT2D eigenvalue weighted by Gasteiger charge is -2.33. The number of rotatable bonds is 2. The van der Waals surface area contributed by atoms with Gasteiger partial charge in [-0.05, 0) is 31.2 Å². The summed E-state index contributed by atoms with van der Waals surface area (Å²) in [6.07, 6.45) is 2.85. The number of nitrogens with zero attached hydrogens (tertiary/aromatic N) is 1. The zero-order chi connectivity index (χ0) is 16.6. The lowest BCUT2D eigenvalue weighted by Crippen LogP contribution is -2.56. The molecule has 1 aliphatic rings. The van der Waals surface area contributed by atoms with E-state index in [2.05, 4.69) is 15.6 Å². The smallest absolute Gasteiger partial charge is 0.278 e. The van der Waals surface area contributed by atoms with Crippen molar-refractivity contribution in [3.8, 4) is 5.75 Å². The Morgan fingerprint density at radius 2 is 2.04 bits per heavy atom. The summed E-state index contributed by atoms with van der Waals surface area (Å²) in [5.41, 5.74) is -0.956. The number of fused-ring (bicyclic) bond motifs is 1. The van der Waals surface area contributed by atoms with Gasteiger partial charge in [0.2, 0.25) is 0 Å². The van der Waals surface area contributed by atoms with Crippen LogP contribution in [0, 0.1) is 0 Å². The predicted molar refractivity (Wildman–Crippen MR) is 87.0 cm³/mol. The van der Waals surface area contributed by atoms with E-state index >= 15 is 0 Å². The highest BCUT2D eigenvalue weighted by atomic mass is 35.5. The highest BCUT2D eigenvalue weighted by Gasteiger charge is 2.47. The Morgan fingerprint density at radius 1 is 1.26 bits per heavy atom. The molecule has 0 spiro atoms. The van der Waals surface area contributed by atoms with Crippen LogP contribution in [0.15, 0.2) is 36.7 Å². The zero-order valence-corrected chi connectivity index (χ0v) is 13.4. The van der Waals surface area contributed by atoms with Crippen molar-refractivity contribution < 1.29 is 14.3 Å². The number of anilines is 2. The number of pyridine rings is 1. The van der Waals surface area contributed by atoms with Crippen LogP contribution in [0.2, 0.25) is 10.0 Å². The minimum Gasteiger partial charge on any atom is -0.466 e. The number of halogens is 2. The van der Waals surface area contributed by atoms with E-state index in [-0.39, 0.29) is 0 Å². The van der Waals surface area contributed by atoms with Crippen LogP contribution in [-0.4, -0.2) is 22.4 Å². The third-order valence-electron chi connectivity index (χ3n) is 3.33. The molecule has 23 heavy (non-hydrogen) atoms. The Balaban J connectivity index is 1.87. The molecule has 1 atom stereocenters. The van der Waals surface area contributed by atoms with Crippen molar-refractivity contribution >= 4 is 46.4 Å². The number of benzene rings is 1. The van der Waals surface area contributed by atoms with Gasteiger partial charge in [-0.2, -0.15) is 0 Å². The summed E-state index contributed by atoms with van der Waals surface area (Å²) in [7, 11) is 0. The minimum absolute atomic E-state index is 0.357. The number of nitrogens with one attached hydrogen (secondary N) is 2. The van der Waals surface area contributed by atoms with Gasteiger partial charge >= 0.3 is 0 Å². The third kappa shape index (κ3) is 2.95. The normalized spacial score (nSPS) is 19.3. The first-order valence-corrected chi connectivity index (χ1v) is 7.36. The van der Waals surface area contributed by atoms with Gasteiger partial charge in [0.25, 0.3) is 17.4 Å². The van der Waals surface area contributed by atoms with Gasteiger partial charge in [0, 0.05) is 11.2 Å². The minimum atomic E-state index is -1.73. The van der Waals surface area contributed by atoms with Crippen LogP contribution >= 0.6 is 23.2 Å². The summed E-state index contributed by atoms with van der Waals surface area (Å²) in [6, 6.07) is 6.26. The first-order valence-electron chi connectivity index (χ1n) is 6.60. The fourth-order valence-corrected chi connectivity index (χ4v) is 2.42. The van der Waals surface area contributed by atoms with Crippen molar-refractivity contribution in [3.05, 3.63) is 46.7 Å². The van der Waals surface area contributed by atoms with Crippen LogP contribution in [0.1, 0.15) is 6.92 Å². The molecule has 1 aliphatic heterocycles. The molecule has 2 N–H and O–H groups in total. The number of amides is 2. The van der Waals surface area contributed by atoms with E-state index in [1.54, 1.807) is 18.2 Å². The Kier molecular flexibility index (Phi) is 3.87. The highest BCUT2D eigenvalue weighted by Crippen LogP contribution is 2.36. The summed E-state index contributed by atoms with van der Waals surface area (Å²) < 4.78 is 5.61. The lowest BCUT2D eigenvalue weighted by atomic mass is 10.0. The molecule has 0 bridgehead atoms. The number of hydrogen-bond acceptors (Lipinski definition) is 4. The largest absolute Gasteiger partial charge is 0.466 e. The van der Waals surface area contributed by atoms with Crippen molar-refractivity contribution in [2.24, 2.45) is 0 Å². The monoisotopic (exact) mass is 351 g/mol. The molecular formula is C15H11Cl2N3O3. The summed E-state index contributed by atoms with van der Waals surface area (Å²) in [5, 5.41) is 6.00. The van der Waals surface area contributed by atoms with Gasteiger partial charge in [-0.25, -0.2) is 0 Å². The van der Waals surface area contributed by atoms with Crippen LogP contribution in [-0.2, 0) is 9.59 Å². The van der Waals surface area contributed by atoms with Crippen LogP contribution in [0.25, 0.3) is 0 Å². The van der Waals surface area contributed by atoms with Gasteiger partial charge in [0.1, 0.15) is 5.75 Å². The maximum atomic E-state index is 12.5. The second-order valence-electron chi connectivity index (χ2n) is 5.08. The molecule has 118 valence electrons. The quantitative estimate of drug-likeness (QED) is 0.814. The maximum absolute atomic E-state index is 12.5. The molecular weight excluding hydrogens is 341 g/mol. The van der Waals surface area contributed by atoms with Gasteiger partial charge in [-0.3, -0.25) is 14.6 Å². The molecule has 0 fully saturated rings. The van der Waals surface area contributed by atoms with Crippen molar-refractivity contribution in [2.75, 3.05) is 10.6 Å². The number of carbonyl (C=O) groups is 2. The molecule has 2 amide bonds. The van der Waals surface area contributed by atoms with E-state index in [4.69, 9.17) is 27.9 Å². The average Bonchev–Trinajstić information content (AvgIpc) is 2.49. The lowest BCUT2D eigenvalue weighted by molar-refractivity contribution is -0.143. The van der Waals surface area contributed by atoms with Gasteiger partial charge in [-0.1, -0.05) is 23.2 Å². The number of hydrogen-bond donors (Lipinski definition) is 2. The third-order valence-corrected chi connectivity index (χ3v) is 3.78. The fourth-order valence-electron chi connectivity index (χ4n) is 2.08. The highest BCUT2D eigenvalue weighted by molar-refractivity contribution is 6.31. The van der Waals surface area contributed by atoms with Crippen molar-refractivity contribution in [2.45, 2.75) is 12.5 Å². The SMILES string of the molecule is CC1(C(=O)Nc2cncc(Cl)c2)Oc2ccc(Cl)cc2NC1=O. The number of carbonyl (C=O) groups excluding carboxylic acids is 2. The molecule has 1 aromatic carbocycles. The molecule has 3 rings (SSSR count). The molecule has 2 aromatic rings. The van der Waals surface area contributed by atoms with E-state index in [1.807, 2.05) is 0 Å². The number of aromatic nitrogens is 1. The Labute approximate surface area is 141 Å². The summed E-state index contributed by atoms with van der Waals surface area (Å²) >= 11 is 11.7. The number of ether oxygens (including phenoxy) is 1. The predicted octanol–water partition coefficient (Wildman–Crippen LogP) is 3.12. The second kappa shape index (κ2) is 5.72. The van der Waals surface area contributed by atoms with E-state index < -0.39 is 17.4 Å². The van der Waals surface area contributed by atoms with Gasteiger partial charge in [0.15, 0.2) is 0 Å². The molecule has 2 heterocycles. The van der Waals surface area contributed by atoms with E-state index in [0.717, 1.165) is 0 Å². The molecule has 0 radical (unpaired) electrons. The van der Waals surface area contributed by atoms with Gasteiger partial charge < -0.3 is 15.4 Å². The molecule has 0 saturated heterocycles. The molecule has 1 aromatic heterocycles. The van der Waals surface area contributed by atoms with E-state index in [9.17, 15) is 9.59 Å². The Morgan fingerprint density at radius 3 is 2.78 bits per heavy atom.